The number of morpholine rings is 1. The molecule has 6 nitrogen and oxygen atoms in total. The molecule has 1 unspecified atom stereocenters. The summed E-state index contributed by atoms with van der Waals surface area (Å²) in [6.45, 7) is 10.3. The van der Waals surface area contributed by atoms with Gasteiger partial charge in [0.1, 0.15) is 4.88 Å². The Morgan fingerprint density at radius 2 is 2.14 bits per heavy atom. The van der Waals surface area contributed by atoms with E-state index in [2.05, 4.69) is 33.7 Å². The average Bonchev–Trinajstić information content (AvgIpc) is 3.01. The summed E-state index contributed by atoms with van der Waals surface area (Å²) in [6.07, 6.45) is 1.71. The van der Waals surface area contributed by atoms with Crippen LogP contribution < -0.4 is 5.32 Å². The average molecular weight is 312 g/mol. The van der Waals surface area contributed by atoms with E-state index in [1.165, 1.54) is 11.5 Å². The number of carbonyl (C=O) groups excluding carboxylic acids is 1. The van der Waals surface area contributed by atoms with Gasteiger partial charge in [0.2, 0.25) is 0 Å². The van der Waals surface area contributed by atoms with E-state index in [-0.39, 0.29) is 11.4 Å². The molecule has 1 fully saturated rings. The van der Waals surface area contributed by atoms with Crippen LogP contribution in [0.1, 0.15) is 42.6 Å². The molecule has 1 N–H and O–H groups in total. The molecule has 0 aliphatic carbocycles. The summed E-state index contributed by atoms with van der Waals surface area (Å²) in [4.78, 5) is 15.3. The molecule has 1 aromatic heterocycles. The van der Waals surface area contributed by atoms with Gasteiger partial charge in [-0.2, -0.15) is 0 Å². The zero-order valence-electron chi connectivity index (χ0n) is 13.0. The van der Waals surface area contributed by atoms with Crippen molar-refractivity contribution in [1.29, 1.82) is 0 Å². The van der Waals surface area contributed by atoms with Gasteiger partial charge in [0.05, 0.1) is 18.9 Å². The molecule has 1 atom stereocenters. The maximum Gasteiger partial charge on any atom is 0.265 e. The number of carbonyl (C=O) groups is 1. The summed E-state index contributed by atoms with van der Waals surface area (Å²) >= 11 is 1.17. The predicted molar refractivity (Wildman–Crippen MR) is 82.7 cm³/mol. The lowest BCUT2D eigenvalue weighted by Gasteiger charge is -2.43. The van der Waals surface area contributed by atoms with Crippen molar-refractivity contribution >= 4 is 17.4 Å². The van der Waals surface area contributed by atoms with E-state index in [0.717, 1.165) is 44.8 Å². The molecular formula is C14H24N4O2S. The van der Waals surface area contributed by atoms with Gasteiger partial charge in [-0.15, -0.1) is 5.10 Å². The summed E-state index contributed by atoms with van der Waals surface area (Å²) in [5.41, 5.74) is 0.742. The SMILES string of the molecule is CCc1nnsc1C(=O)NCC(C)(CC)N1CCOCC1. The van der Waals surface area contributed by atoms with E-state index in [0.29, 0.717) is 11.4 Å². The summed E-state index contributed by atoms with van der Waals surface area (Å²) in [6, 6.07) is 0. The Bertz CT molecular complexity index is 473. The molecule has 1 aliphatic rings. The largest absolute Gasteiger partial charge is 0.379 e. The standard InChI is InChI=1S/C14H24N4O2S/c1-4-11-12(21-17-16-11)13(19)15-10-14(3,5-2)18-6-8-20-9-7-18/h4-10H2,1-3H3,(H,15,19). The van der Waals surface area contributed by atoms with Crippen LogP contribution in [-0.4, -0.2) is 58.8 Å². The Balaban J connectivity index is 1.97. The second-order valence-electron chi connectivity index (χ2n) is 5.53. The monoisotopic (exact) mass is 312 g/mol. The molecule has 2 rings (SSSR count). The highest BCUT2D eigenvalue weighted by Crippen LogP contribution is 2.20. The van der Waals surface area contributed by atoms with Crippen molar-refractivity contribution < 1.29 is 9.53 Å². The summed E-state index contributed by atoms with van der Waals surface area (Å²) in [7, 11) is 0. The first-order chi connectivity index (χ1) is 10.1. The number of aryl methyl sites for hydroxylation is 1. The Hall–Kier alpha value is -1.05. The third-order valence-electron chi connectivity index (χ3n) is 4.26. The van der Waals surface area contributed by atoms with Gasteiger partial charge in [0, 0.05) is 25.2 Å². The second-order valence-corrected chi connectivity index (χ2v) is 6.29. The quantitative estimate of drug-likeness (QED) is 0.858. The van der Waals surface area contributed by atoms with Crippen molar-refractivity contribution in [2.24, 2.45) is 0 Å². The molecule has 0 spiro atoms. The van der Waals surface area contributed by atoms with Gasteiger partial charge >= 0.3 is 0 Å². The molecule has 1 aromatic rings. The molecule has 1 aliphatic heterocycles. The Morgan fingerprint density at radius 3 is 2.76 bits per heavy atom. The minimum Gasteiger partial charge on any atom is -0.379 e. The third-order valence-corrected chi connectivity index (χ3v) is 5.03. The third kappa shape index (κ3) is 3.78. The van der Waals surface area contributed by atoms with Crippen molar-refractivity contribution in [3.8, 4) is 0 Å². The van der Waals surface area contributed by atoms with Crippen LogP contribution in [0.2, 0.25) is 0 Å². The first-order valence-electron chi connectivity index (χ1n) is 7.53. The molecule has 1 saturated heterocycles. The van der Waals surface area contributed by atoms with Gasteiger partial charge in [0.25, 0.3) is 5.91 Å². The van der Waals surface area contributed by atoms with Crippen LogP contribution in [0, 0.1) is 0 Å². The molecule has 21 heavy (non-hydrogen) atoms. The van der Waals surface area contributed by atoms with E-state index in [9.17, 15) is 4.79 Å². The first-order valence-corrected chi connectivity index (χ1v) is 8.30. The van der Waals surface area contributed by atoms with Crippen molar-refractivity contribution in [2.45, 2.75) is 39.2 Å². The van der Waals surface area contributed by atoms with Gasteiger partial charge in [-0.25, -0.2) is 0 Å². The lowest BCUT2D eigenvalue weighted by atomic mass is 9.95. The van der Waals surface area contributed by atoms with Crippen molar-refractivity contribution in [3.05, 3.63) is 10.6 Å². The highest BCUT2D eigenvalue weighted by molar-refractivity contribution is 7.08. The van der Waals surface area contributed by atoms with E-state index < -0.39 is 0 Å². The highest BCUT2D eigenvalue weighted by atomic mass is 32.1. The smallest absolute Gasteiger partial charge is 0.265 e. The Kier molecular flexibility index (Phi) is 5.66. The van der Waals surface area contributed by atoms with Crippen LogP contribution in [-0.2, 0) is 11.2 Å². The number of amides is 1. The minimum absolute atomic E-state index is 0.0378. The second kappa shape index (κ2) is 7.29. The van der Waals surface area contributed by atoms with Crippen LogP contribution in [0.3, 0.4) is 0 Å². The van der Waals surface area contributed by atoms with Gasteiger partial charge in [-0.05, 0) is 31.3 Å². The number of hydrogen-bond donors (Lipinski definition) is 1. The Morgan fingerprint density at radius 1 is 1.43 bits per heavy atom. The lowest BCUT2D eigenvalue weighted by molar-refractivity contribution is -0.0169. The van der Waals surface area contributed by atoms with Gasteiger partial charge in [-0.1, -0.05) is 18.3 Å². The summed E-state index contributed by atoms with van der Waals surface area (Å²) in [5, 5.41) is 7.05. The van der Waals surface area contributed by atoms with Crippen molar-refractivity contribution in [1.82, 2.24) is 19.8 Å². The van der Waals surface area contributed by atoms with Crippen LogP contribution in [0.25, 0.3) is 0 Å². The first kappa shape index (κ1) is 16.3. The number of nitrogens with one attached hydrogen (secondary N) is 1. The molecule has 2 heterocycles. The number of ether oxygens (including phenoxy) is 1. The zero-order valence-corrected chi connectivity index (χ0v) is 13.8. The van der Waals surface area contributed by atoms with Crippen LogP contribution in [0.15, 0.2) is 0 Å². The topological polar surface area (TPSA) is 67.4 Å². The number of hydrogen-bond acceptors (Lipinski definition) is 6. The van der Waals surface area contributed by atoms with Gasteiger partial charge in [0.15, 0.2) is 0 Å². The van der Waals surface area contributed by atoms with Crippen LogP contribution >= 0.6 is 11.5 Å². The molecule has 118 valence electrons. The van der Waals surface area contributed by atoms with Crippen LogP contribution in [0.4, 0.5) is 0 Å². The van der Waals surface area contributed by atoms with E-state index >= 15 is 0 Å². The summed E-state index contributed by atoms with van der Waals surface area (Å²) < 4.78 is 9.28. The van der Waals surface area contributed by atoms with Crippen molar-refractivity contribution in [2.75, 3.05) is 32.8 Å². The maximum atomic E-state index is 12.3. The molecule has 0 radical (unpaired) electrons. The number of rotatable bonds is 6. The normalized spacial score (nSPS) is 19.2. The fraction of sp³-hybridized carbons (Fsp3) is 0.786. The molecule has 0 saturated carbocycles. The molecule has 7 heteroatoms. The molecule has 0 bridgehead atoms. The predicted octanol–water partition coefficient (Wildman–Crippen LogP) is 1.33. The minimum atomic E-state index is -0.0604. The van der Waals surface area contributed by atoms with Gasteiger partial charge < -0.3 is 10.1 Å². The lowest BCUT2D eigenvalue weighted by Crippen LogP contribution is -2.56. The highest BCUT2D eigenvalue weighted by Gasteiger charge is 2.32. The van der Waals surface area contributed by atoms with E-state index in [1.54, 1.807) is 0 Å². The number of nitrogens with zero attached hydrogens (tertiary/aromatic N) is 3. The summed E-state index contributed by atoms with van der Waals surface area (Å²) in [5.74, 6) is -0.0604. The fourth-order valence-corrected chi connectivity index (χ4v) is 3.19. The molecule has 0 aromatic carbocycles. The fourth-order valence-electron chi connectivity index (χ4n) is 2.53. The Labute approximate surface area is 130 Å². The van der Waals surface area contributed by atoms with E-state index in [1.807, 2.05) is 6.92 Å². The maximum absolute atomic E-state index is 12.3. The van der Waals surface area contributed by atoms with Crippen LogP contribution in [0.5, 0.6) is 0 Å². The van der Waals surface area contributed by atoms with Gasteiger partial charge in [-0.3, -0.25) is 9.69 Å². The number of aromatic nitrogens is 2. The zero-order chi connectivity index (χ0) is 15.3. The van der Waals surface area contributed by atoms with Crippen molar-refractivity contribution in [3.63, 3.8) is 0 Å². The van der Waals surface area contributed by atoms with E-state index in [4.69, 9.17) is 4.74 Å². The molecular weight excluding hydrogens is 288 g/mol. The molecule has 1 amide bonds.